The van der Waals surface area contributed by atoms with E-state index in [9.17, 15) is 9.90 Å². The lowest BCUT2D eigenvalue weighted by atomic mass is 9.79. The first-order valence-electron chi connectivity index (χ1n) is 11.7. The molecule has 0 spiro atoms. The normalized spacial score (nSPS) is 24.1. The summed E-state index contributed by atoms with van der Waals surface area (Å²) in [4.78, 5) is 15.9. The van der Waals surface area contributed by atoms with E-state index in [0.29, 0.717) is 0 Å². The van der Waals surface area contributed by atoms with Crippen molar-refractivity contribution >= 4 is 5.91 Å². The Hall–Kier alpha value is -1.65. The zero-order valence-electron chi connectivity index (χ0n) is 17.6. The lowest BCUT2D eigenvalue weighted by Crippen LogP contribution is -2.54. The fourth-order valence-corrected chi connectivity index (χ4v) is 5.45. The van der Waals surface area contributed by atoms with Crippen LogP contribution in [0.1, 0.15) is 69.8 Å². The molecule has 1 aliphatic heterocycles. The molecule has 1 aromatic rings. The van der Waals surface area contributed by atoms with Crippen LogP contribution in [0.5, 0.6) is 0 Å². The third kappa shape index (κ3) is 4.75. The number of carbonyl (C=O) groups excluding carboxylic acids is 1. The van der Waals surface area contributed by atoms with E-state index in [2.05, 4.69) is 16.3 Å². The summed E-state index contributed by atoms with van der Waals surface area (Å²) < 4.78 is 0. The van der Waals surface area contributed by atoms with Gasteiger partial charge in [-0.25, -0.2) is 0 Å². The van der Waals surface area contributed by atoms with E-state index in [1.807, 2.05) is 30.3 Å². The maximum atomic E-state index is 13.3. The average molecular weight is 397 g/mol. The maximum absolute atomic E-state index is 13.3. The molecule has 2 N–H and O–H groups in total. The molecule has 1 atom stereocenters. The monoisotopic (exact) mass is 396 g/mol. The van der Waals surface area contributed by atoms with Gasteiger partial charge < -0.3 is 10.4 Å². The minimum atomic E-state index is -1.40. The molecule has 2 fully saturated rings. The molecule has 0 aromatic heterocycles. The molecule has 3 aliphatic rings. The average Bonchev–Trinajstić information content (AvgIpc) is 3.31. The molecular formula is C25H36N2O2. The summed E-state index contributed by atoms with van der Waals surface area (Å²) >= 11 is 0. The highest BCUT2D eigenvalue weighted by Crippen LogP contribution is 2.41. The summed E-state index contributed by atoms with van der Waals surface area (Å²) in [6.45, 7) is 3.14. The van der Waals surface area contributed by atoms with Crippen molar-refractivity contribution in [2.75, 3.05) is 19.6 Å². The van der Waals surface area contributed by atoms with Gasteiger partial charge in [0.25, 0.3) is 5.91 Å². The molecule has 1 amide bonds. The fourth-order valence-electron chi connectivity index (χ4n) is 5.45. The van der Waals surface area contributed by atoms with E-state index in [0.717, 1.165) is 63.7 Å². The zero-order chi connectivity index (χ0) is 20.1. The lowest BCUT2D eigenvalue weighted by molar-refractivity contribution is -0.148. The van der Waals surface area contributed by atoms with Crippen LogP contribution in [0.15, 0.2) is 42.0 Å². The Balaban J connectivity index is 1.36. The number of hydrogen-bond acceptors (Lipinski definition) is 3. The first-order chi connectivity index (χ1) is 14.2. The van der Waals surface area contributed by atoms with Gasteiger partial charge in [-0.2, -0.15) is 0 Å². The van der Waals surface area contributed by atoms with Crippen molar-refractivity contribution in [3.05, 3.63) is 47.5 Å². The molecule has 0 radical (unpaired) electrons. The van der Waals surface area contributed by atoms with Gasteiger partial charge in [0.2, 0.25) is 0 Å². The van der Waals surface area contributed by atoms with Crippen LogP contribution in [0, 0.1) is 5.92 Å². The quantitative estimate of drug-likeness (QED) is 0.711. The molecule has 1 saturated carbocycles. The highest BCUT2D eigenvalue weighted by atomic mass is 16.3. The maximum Gasteiger partial charge on any atom is 0.257 e. The molecule has 4 heteroatoms. The lowest BCUT2D eigenvalue weighted by Gasteiger charge is -2.37. The van der Waals surface area contributed by atoms with Crippen LogP contribution in [0.2, 0.25) is 0 Å². The van der Waals surface area contributed by atoms with E-state index in [1.165, 1.54) is 25.7 Å². The number of rotatable bonds is 6. The van der Waals surface area contributed by atoms with Crippen molar-refractivity contribution in [2.24, 2.45) is 5.92 Å². The molecular weight excluding hydrogens is 360 g/mol. The summed E-state index contributed by atoms with van der Waals surface area (Å²) in [5.74, 6) is -0.174. The number of hydrogen-bond donors (Lipinski definition) is 2. The fraction of sp³-hybridized carbons (Fsp3) is 0.640. The SMILES string of the molecule is O=C(NC1CCN(CC2=CCCCC2)CC1)C(O)(c1ccccc1)C1CCCC1. The van der Waals surface area contributed by atoms with Crippen LogP contribution < -0.4 is 5.32 Å². The van der Waals surface area contributed by atoms with Crippen molar-refractivity contribution in [1.29, 1.82) is 0 Å². The van der Waals surface area contributed by atoms with Crippen LogP contribution in [0.3, 0.4) is 0 Å². The standard InChI is InChI=1S/C25H36N2O2/c28-24(25(29,22-13-7-8-14-22)21-11-5-2-6-12-21)26-23-15-17-27(18-16-23)19-20-9-3-1-4-10-20/h2,5-6,9,11-12,22-23,29H,1,3-4,7-8,10,13-19H2,(H,26,28). The zero-order valence-corrected chi connectivity index (χ0v) is 17.6. The van der Waals surface area contributed by atoms with Gasteiger partial charge in [0.05, 0.1) is 0 Å². The molecule has 1 saturated heterocycles. The number of carbonyl (C=O) groups is 1. The predicted molar refractivity (Wildman–Crippen MR) is 116 cm³/mol. The molecule has 4 rings (SSSR count). The van der Waals surface area contributed by atoms with Gasteiger partial charge in [-0.05, 0) is 56.9 Å². The van der Waals surface area contributed by atoms with Gasteiger partial charge in [0.1, 0.15) is 0 Å². The highest BCUT2D eigenvalue weighted by molar-refractivity contribution is 5.87. The van der Waals surface area contributed by atoms with Crippen molar-refractivity contribution in [2.45, 2.75) is 75.9 Å². The second-order valence-corrected chi connectivity index (χ2v) is 9.25. The summed E-state index contributed by atoms with van der Waals surface area (Å²) in [6.07, 6.45) is 13.6. The number of amides is 1. The molecule has 1 aromatic carbocycles. The number of piperidine rings is 1. The van der Waals surface area contributed by atoms with Gasteiger partial charge in [-0.1, -0.05) is 54.8 Å². The number of nitrogens with zero attached hydrogens (tertiary/aromatic N) is 1. The number of nitrogens with one attached hydrogen (secondary N) is 1. The van der Waals surface area contributed by atoms with E-state index in [1.54, 1.807) is 5.57 Å². The molecule has 1 heterocycles. The molecule has 2 aliphatic carbocycles. The number of allylic oxidation sites excluding steroid dienone is 1. The minimum Gasteiger partial charge on any atom is -0.375 e. The van der Waals surface area contributed by atoms with Crippen LogP contribution in [0.25, 0.3) is 0 Å². The summed E-state index contributed by atoms with van der Waals surface area (Å²) in [7, 11) is 0. The van der Waals surface area contributed by atoms with Gasteiger partial charge in [-0.3, -0.25) is 9.69 Å². The molecule has 29 heavy (non-hydrogen) atoms. The van der Waals surface area contributed by atoms with Crippen LogP contribution in [0.4, 0.5) is 0 Å². The van der Waals surface area contributed by atoms with Crippen molar-refractivity contribution < 1.29 is 9.90 Å². The van der Waals surface area contributed by atoms with Crippen molar-refractivity contribution in [3.8, 4) is 0 Å². The second-order valence-electron chi connectivity index (χ2n) is 9.25. The molecule has 4 nitrogen and oxygen atoms in total. The number of benzene rings is 1. The Bertz CT molecular complexity index is 703. The van der Waals surface area contributed by atoms with Crippen molar-refractivity contribution in [3.63, 3.8) is 0 Å². The largest absolute Gasteiger partial charge is 0.375 e. The van der Waals surface area contributed by atoms with Crippen LogP contribution in [-0.2, 0) is 10.4 Å². The van der Waals surface area contributed by atoms with E-state index >= 15 is 0 Å². The van der Waals surface area contributed by atoms with Gasteiger partial charge in [0, 0.05) is 31.6 Å². The van der Waals surface area contributed by atoms with Crippen molar-refractivity contribution in [1.82, 2.24) is 10.2 Å². The summed E-state index contributed by atoms with van der Waals surface area (Å²) in [5.41, 5.74) is 0.937. The predicted octanol–water partition coefficient (Wildman–Crippen LogP) is 4.15. The Morgan fingerprint density at radius 2 is 1.76 bits per heavy atom. The minimum absolute atomic E-state index is 0.0169. The van der Waals surface area contributed by atoms with Gasteiger partial charge in [0.15, 0.2) is 5.60 Å². The molecule has 158 valence electrons. The van der Waals surface area contributed by atoms with Gasteiger partial charge >= 0.3 is 0 Å². The van der Waals surface area contributed by atoms with Gasteiger partial charge in [-0.15, -0.1) is 0 Å². The van der Waals surface area contributed by atoms with Crippen LogP contribution >= 0.6 is 0 Å². The highest BCUT2D eigenvalue weighted by Gasteiger charge is 2.46. The second kappa shape index (κ2) is 9.44. The van der Waals surface area contributed by atoms with E-state index in [4.69, 9.17) is 0 Å². The van der Waals surface area contributed by atoms with Crippen LogP contribution in [-0.4, -0.2) is 41.6 Å². The molecule has 1 unspecified atom stereocenters. The molecule has 0 bridgehead atoms. The Kier molecular flexibility index (Phi) is 6.71. The number of aliphatic hydroxyl groups is 1. The third-order valence-corrected chi connectivity index (χ3v) is 7.24. The summed E-state index contributed by atoms with van der Waals surface area (Å²) in [5, 5.41) is 14.8. The Labute approximate surface area is 175 Å². The number of likely N-dealkylation sites (tertiary alicyclic amines) is 1. The first-order valence-corrected chi connectivity index (χ1v) is 11.7. The Morgan fingerprint density at radius 1 is 1.03 bits per heavy atom. The Morgan fingerprint density at radius 3 is 2.41 bits per heavy atom. The smallest absolute Gasteiger partial charge is 0.257 e. The first kappa shape index (κ1) is 20.6. The topological polar surface area (TPSA) is 52.6 Å². The third-order valence-electron chi connectivity index (χ3n) is 7.24. The van der Waals surface area contributed by atoms with E-state index < -0.39 is 5.60 Å². The summed E-state index contributed by atoms with van der Waals surface area (Å²) in [6, 6.07) is 9.74. The van der Waals surface area contributed by atoms with E-state index in [-0.39, 0.29) is 17.9 Å².